The first-order chi connectivity index (χ1) is 6.84. The van der Waals surface area contributed by atoms with E-state index in [2.05, 4.69) is 29.0 Å². The molecule has 2 fully saturated rings. The third-order valence-electron chi connectivity index (χ3n) is 2.91. The smallest absolute Gasteiger partial charge is 0.0826 e. The standard InChI is InChI=1S/C10H20N2OS/c1-12-3-4-13-10(7-12)6-11-9-2-5-14-8-9/h9-11H,2-8H2,1H3/t9-,10-/m1/s1. The fourth-order valence-corrected chi connectivity index (χ4v) is 3.17. The van der Waals surface area contributed by atoms with Crippen LogP contribution in [-0.2, 0) is 4.74 Å². The van der Waals surface area contributed by atoms with Crippen LogP contribution in [0.25, 0.3) is 0 Å². The molecule has 2 rings (SSSR count). The van der Waals surface area contributed by atoms with Gasteiger partial charge < -0.3 is 15.0 Å². The number of nitrogens with one attached hydrogen (secondary N) is 1. The average Bonchev–Trinajstić information content (AvgIpc) is 2.67. The number of likely N-dealkylation sites (N-methyl/N-ethyl adjacent to an activating group) is 1. The molecule has 0 aromatic carbocycles. The number of morpholine rings is 1. The van der Waals surface area contributed by atoms with Gasteiger partial charge in [0.1, 0.15) is 0 Å². The number of thioether (sulfide) groups is 1. The van der Waals surface area contributed by atoms with E-state index in [1.54, 1.807) is 0 Å². The molecule has 3 nitrogen and oxygen atoms in total. The number of hydrogen-bond donors (Lipinski definition) is 1. The zero-order chi connectivity index (χ0) is 9.80. The first kappa shape index (κ1) is 10.7. The molecule has 2 aliphatic heterocycles. The molecule has 2 saturated heterocycles. The summed E-state index contributed by atoms with van der Waals surface area (Å²) in [5.74, 6) is 2.60. The van der Waals surface area contributed by atoms with Crippen LogP contribution >= 0.6 is 11.8 Å². The highest BCUT2D eigenvalue weighted by atomic mass is 32.2. The highest BCUT2D eigenvalue weighted by Crippen LogP contribution is 2.17. The number of hydrogen-bond acceptors (Lipinski definition) is 4. The van der Waals surface area contributed by atoms with Crippen molar-refractivity contribution in [1.29, 1.82) is 0 Å². The summed E-state index contributed by atoms with van der Waals surface area (Å²) in [7, 11) is 2.17. The largest absolute Gasteiger partial charge is 0.374 e. The monoisotopic (exact) mass is 216 g/mol. The molecule has 0 unspecified atom stereocenters. The topological polar surface area (TPSA) is 24.5 Å². The van der Waals surface area contributed by atoms with E-state index in [9.17, 15) is 0 Å². The van der Waals surface area contributed by atoms with Crippen molar-refractivity contribution in [3.05, 3.63) is 0 Å². The first-order valence-electron chi connectivity index (χ1n) is 5.46. The summed E-state index contributed by atoms with van der Waals surface area (Å²) < 4.78 is 5.70. The molecule has 1 N–H and O–H groups in total. The quantitative estimate of drug-likeness (QED) is 0.738. The first-order valence-corrected chi connectivity index (χ1v) is 6.61. The van der Waals surface area contributed by atoms with E-state index in [0.29, 0.717) is 6.10 Å². The van der Waals surface area contributed by atoms with Crippen molar-refractivity contribution >= 4 is 11.8 Å². The van der Waals surface area contributed by atoms with Crippen molar-refractivity contribution in [2.75, 3.05) is 44.8 Å². The summed E-state index contributed by atoms with van der Waals surface area (Å²) >= 11 is 2.06. The predicted molar refractivity (Wildman–Crippen MR) is 61.0 cm³/mol. The van der Waals surface area contributed by atoms with Crippen molar-refractivity contribution < 1.29 is 4.74 Å². The maximum atomic E-state index is 5.70. The lowest BCUT2D eigenvalue weighted by Crippen LogP contribution is -2.46. The van der Waals surface area contributed by atoms with Gasteiger partial charge in [-0.15, -0.1) is 0 Å². The van der Waals surface area contributed by atoms with E-state index in [-0.39, 0.29) is 0 Å². The van der Waals surface area contributed by atoms with Crippen LogP contribution in [0, 0.1) is 0 Å². The van der Waals surface area contributed by atoms with Crippen molar-refractivity contribution in [2.45, 2.75) is 18.6 Å². The average molecular weight is 216 g/mol. The third-order valence-corrected chi connectivity index (χ3v) is 4.07. The SMILES string of the molecule is CN1CCO[C@H](CN[C@@H]2CCSC2)C1. The molecular weight excluding hydrogens is 196 g/mol. The number of ether oxygens (including phenoxy) is 1. The minimum absolute atomic E-state index is 0.402. The summed E-state index contributed by atoms with van der Waals surface area (Å²) in [5, 5.41) is 3.60. The highest BCUT2D eigenvalue weighted by molar-refractivity contribution is 7.99. The van der Waals surface area contributed by atoms with Gasteiger partial charge in [0.2, 0.25) is 0 Å². The summed E-state index contributed by atoms with van der Waals surface area (Å²) in [6, 6.07) is 0.732. The summed E-state index contributed by atoms with van der Waals surface area (Å²) in [5.41, 5.74) is 0. The second kappa shape index (κ2) is 5.35. The second-order valence-electron chi connectivity index (χ2n) is 4.22. The Balaban J connectivity index is 1.64. The predicted octanol–water partition coefficient (Wildman–Crippen LogP) is 0.412. The van der Waals surface area contributed by atoms with Crippen LogP contribution in [0.1, 0.15) is 6.42 Å². The summed E-state index contributed by atoms with van der Waals surface area (Å²) in [4.78, 5) is 2.35. The van der Waals surface area contributed by atoms with Crippen LogP contribution in [0.3, 0.4) is 0 Å². The normalized spacial score (nSPS) is 34.9. The van der Waals surface area contributed by atoms with E-state index in [0.717, 1.165) is 32.3 Å². The van der Waals surface area contributed by atoms with Crippen LogP contribution in [0.2, 0.25) is 0 Å². The Labute approximate surface area is 90.6 Å². The lowest BCUT2D eigenvalue weighted by atomic mass is 10.2. The van der Waals surface area contributed by atoms with Gasteiger partial charge in [-0.05, 0) is 19.2 Å². The molecule has 0 aromatic rings. The Morgan fingerprint density at radius 1 is 1.57 bits per heavy atom. The van der Waals surface area contributed by atoms with Gasteiger partial charge >= 0.3 is 0 Å². The zero-order valence-corrected chi connectivity index (χ0v) is 9.68. The molecule has 0 spiro atoms. The molecule has 2 aliphatic rings. The van der Waals surface area contributed by atoms with Gasteiger partial charge in [0.15, 0.2) is 0 Å². The molecule has 0 aromatic heterocycles. The van der Waals surface area contributed by atoms with E-state index in [1.165, 1.54) is 17.9 Å². The van der Waals surface area contributed by atoms with Gasteiger partial charge in [-0.1, -0.05) is 0 Å². The lowest BCUT2D eigenvalue weighted by molar-refractivity contribution is -0.0189. The summed E-state index contributed by atoms with van der Waals surface area (Å²) in [6.07, 6.45) is 1.73. The fraction of sp³-hybridized carbons (Fsp3) is 1.00. The molecule has 0 radical (unpaired) electrons. The van der Waals surface area contributed by atoms with Crippen molar-refractivity contribution in [3.8, 4) is 0 Å². The van der Waals surface area contributed by atoms with Crippen LogP contribution in [0.4, 0.5) is 0 Å². The molecule has 14 heavy (non-hydrogen) atoms. The molecule has 2 atom stereocenters. The minimum Gasteiger partial charge on any atom is -0.374 e. The van der Waals surface area contributed by atoms with E-state index in [4.69, 9.17) is 4.74 Å². The Morgan fingerprint density at radius 2 is 2.50 bits per heavy atom. The highest BCUT2D eigenvalue weighted by Gasteiger charge is 2.20. The van der Waals surface area contributed by atoms with Crippen molar-refractivity contribution in [3.63, 3.8) is 0 Å². The molecular formula is C10H20N2OS. The molecule has 0 bridgehead atoms. The Kier molecular flexibility index (Phi) is 4.10. The van der Waals surface area contributed by atoms with Crippen LogP contribution in [0.15, 0.2) is 0 Å². The maximum Gasteiger partial charge on any atom is 0.0826 e. The molecule has 2 heterocycles. The maximum absolute atomic E-state index is 5.70. The van der Waals surface area contributed by atoms with E-state index in [1.807, 2.05) is 0 Å². The minimum atomic E-state index is 0.402. The van der Waals surface area contributed by atoms with Gasteiger partial charge in [-0.25, -0.2) is 0 Å². The Bertz CT molecular complexity index is 174. The molecule has 0 aliphatic carbocycles. The van der Waals surface area contributed by atoms with Gasteiger partial charge in [-0.2, -0.15) is 11.8 Å². The number of nitrogens with zero attached hydrogens (tertiary/aromatic N) is 1. The zero-order valence-electron chi connectivity index (χ0n) is 8.87. The van der Waals surface area contributed by atoms with Crippen molar-refractivity contribution in [1.82, 2.24) is 10.2 Å². The summed E-state index contributed by atoms with van der Waals surface area (Å²) in [6.45, 7) is 4.07. The van der Waals surface area contributed by atoms with Gasteiger partial charge in [-0.3, -0.25) is 0 Å². The van der Waals surface area contributed by atoms with Gasteiger partial charge in [0, 0.05) is 31.4 Å². The van der Waals surface area contributed by atoms with E-state index < -0.39 is 0 Å². The molecule has 82 valence electrons. The van der Waals surface area contributed by atoms with E-state index >= 15 is 0 Å². The Morgan fingerprint density at radius 3 is 3.21 bits per heavy atom. The van der Waals surface area contributed by atoms with Crippen LogP contribution in [0.5, 0.6) is 0 Å². The molecule has 0 saturated carbocycles. The lowest BCUT2D eigenvalue weighted by Gasteiger charge is -2.30. The fourth-order valence-electron chi connectivity index (χ4n) is 1.98. The van der Waals surface area contributed by atoms with Crippen LogP contribution < -0.4 is 5.32 Å². The van der Waals surface area contributed by atoms with Gasteiger partial charge in [0.25, 0.3) is 0 Å². The number of rotatable bonds is 3. The molecule has 4 heteroatoms. The molecule has 0 amide bonds. The third kappa shape index (κ3) is 3.12. The van der Waals surface area contributed by atoms with Crippen molar-refractivity contribution in [2.24, 2.45) is 0 Å². The van der Waals surface area contributed by atoms with Crippen LogP contribution in [-0.4, -0.2) is 61.8 Å². The Hall–Kier alpha value is 0.230. The second-order valence-corrected chi connectivity index (χ2v) is 5.37. The van der Waals surface area contributed by atoms with Gasteiger partial charge in [0.05, 0.1) is 12.7 Å².